The number of aryl methyl sites for hydroxylation is 3. The monoisotopic (exact) mass is 604 g/mol. The molecule has 0 bridgehead atoms. The number of rotatable bonds is 10. The zero-order valence-electron chi connectivity index (χ0n) is 29.7. The van der Waals surface area contributed by atoms with Gasteiger partial charge < -0.3 is 20.4 Å². The minimum absolute atomic E-state index is 0.0773. The summed E-state index contributed by atoms with van der Waals surface area (Å²) >= 11 is 0. The van der Waals surface area contributed by atoms with Crippen molar-refractivity contribution in [3.8, 4) is 23.0 Å². The lowest BCUT2D eigenvalue weighted by molar-refractivity contribution is 0.418. The fourth-order valence-electron chi connectivity index (χ4n) is 5.89. The molecular weight excluding hydrogens is 544 g/mol. The Bertz CT molecular complexity index is 1390. The second kappa shape index (κ2) is 15.2. The van der Waals surface area contributed by atoms with Crippen LogP contribution < -0.4 is 0 Å². The number of phenolic OH excluding ortho intramolecular Hbond substituents is 4. The van der Waals surface area contributed by atoms with Crippen molar-refractivity contribution in [2.45, 2.75) is 132 Å². The Morgan fingerprint density at radius 2 is 1.07 bits per heavy atom. The van der Waals surface area contributed by atoms with Gasteiger partial charge in [0.15, 0.2) is 0 Å². The predicted octanol–water partition coefficient (Wildman–Crippen LogP) is 10.5. The molecule has 244 valence electrons. The van der Waals surface area contributed by atoms with Crippen molar-refractivity contribution < 1.29 is 20.4 Å². The van der Waals surface area contributed by atoms with E-state index < -0.39 is 0 Å². The van der Waals surface area contributed by atoms with Crippen LogP contribution in [0.4, 0.5) is 0 Å². The Kier molecular flexibility index (Phi) is 12.8. The van der Waals surface area contributed by atoms with Crippen molar-refractivity contribution in [1.82, 2.24) is 0 Å². The van der Waals surface area contributed by atoms with Crippen molar-refractivity contribution in [3.63, 3.8) is 0 Å². The summed E-state index contributed by atoms with van der Waals surface area (Å²) in [5.41, 5.74) is 8.48. The predicted molar refractivity (Wildman–Crippen MR) is 187 cm³/mol. The van der Waals surface area contributed by atoms with Gasteiger partial charge in [0.2, 0.25) is 0 Å². The van der Waals surface area contributed by atoms with Crippen LogP contribution in [0.1, 0.15) is 126 Å². The van der Waals surface area contributed by atoms with E-state index in [1.165, 1.54) is 28.7 Å². The molecule has 0 heterocycles. The highest BCUT2D eigenvalue weighted by atomic mass is 16.3. The molecule has 0 saturated heterocycles. The van der Waals surface area contributed by atoms with E-state index in [0.29, 0.717) is 28.9 Å². The van der Waals surface area contributed by atoms with E-state index in [0.717, 1.165) is 48.8 Å². The van der Waals surface area contributed by atoms with Gasteiger partial charge in [-0.25, -0.2) is 0 Å². The van der Waals surface area contributed by atoms with Gasteiger partial charge in [0.25, 0.3) is 0 Å². The molecule has 4 heteroatoms. The number of hydrogen-bond acceptors (Lipinski definition) is 4. The van der Waals surface area contributed by atoms with E-state index in [9.17, 15) is 20.4 Å². The van der Waals surface area contributed by atoms with Crippen molar-refractivity contribution in [2.24, 2.45) is 11.8 Å². The van der Waals surface area contributed by atoms with Gasteiger partial charge in [0.05, 0.1) is 0 Å². The van der Waals surface area contributed by atoms with Crippen molar-refractivity contribution in [1.29, 1.82) is 0 Å². The third-order valence-electron chi connectivity index (χ3n) is 9.07. The van der Waals surface area contributed by atoms with E-state index >= 15 is 0 Å². The molecule has 1 atom stereocenters. The molecule has 1 unspecified atom stereocenters. The molecule has 3 aromatic rings. The van der Waals surface area contributed by atoms with Gasteiger partial charge in [-0.1, -0.05) is 87.3 Å². The summed E-state index contributed by atoms with van der Waals surface area (Å²) in [4.78, 5) is 0. The maximum Gasteiger partial charge on any atom is 0.119 e. The Balaban J connectivity index is 0.000000402. The third kappa shape index (κ3) is 9.94. The van der Waals surface area contributed by atoms with Crippen LogP contribution in [0.25, 0.3) is 0 Å². The maximum absolute atomic E-state index is 10.5. The maximum atomic E-state index is 10.5. The first-order valence-electron chi connectivity index (χ1n) is 16.5. The molecule has 4 nitrogen and oxygen atoms in total. The summed E-state index contributed by atoms with van der Waals surface area (Å²) in [6.07, 6.45) is 6.20. The van der Waals surface area contributed by atoms with Gasteiger partial charge in [-0.2, -0.15) is 0 Å². The molecule has 0 aromatic heterocycles. The molecule has 3 rings (SSSR count). The quantitative estimate of drug-likeness (QED) is 0.174. The molecule has 0 amide bonds. The summed E-state index contributed by atoms with van der Waals surface area (Å²) < 4.78 is 0. The molecule has 0 aliphatic carbocycles. The van der Waals surface area contributed by atoms with Crippen LogP contribution >= 0.6 is 0 Å². The number of hydrogen-bond donors (Lipinski definition) is 4. The third-order valence-corrected chi connectivity index (χ3v) is 9.07. The van der Waals surface area contributed by atoms with Gasteiger partial charge in [-0.15, -0.1) is 0 Å². The van der Waals surface area contributed by atoms with Crippen LogP contribution in [0.2, 0.25) is 0 Å². The van der Waals surface area contributed by atoms with E-state index in [1.54, 1.807) is 19.1 Å². The summed E-state index contributed by atoms with van der Waals surface area (Å²) in [6, 6.07) is 11.6. The van der Waals surface area contributed by atoms with Crippen LogP contribution in [-0.4, -0.2) is 20.4 Å². The molecular formula is C40H60O4. The molecule has 0 spiro atoms. The molecule has 0 aliphatic rings. The van der Waals surface area contributed by atoms with Crippen LogP contribution in [0, 0.1) is 32.6 Å². The fourth-order valence-corrected chi connectivity index (χ4v) is 5.89. The Morgan fingerprint density at radius 1 is 0.568 bits per heavy atom. The minimum atomic E-state index is -0.102. The van der Waals surface area contributed by atoms with Gasteiger partial charge in [-0.05, 0) is 132 Å². The second-order valence-corrected chi connectivity index (χ2v) is 15.0. The number of benzene rings is 3. The standard InChI is InChI=1S/C28H42O2.C12H18O2/c1-9-10-21(14-22-16-24(11-18(2)3)26(29)12-19(22)4)15-23-17-25(28(6,7)8)27(30)13-20(23)5;1-5-12(3,4)9-7-10(13)8(2)6-11(9)14/h12-13,16-18,21,29-30H,9-11,14-15H2,1-8H3;6-7,13-14H,5H2,1-4H3. The second-order valence-electron chi connectivity index (χ2n) is 15.0. The van der Waals surface area contributed by atoms with Gasteiger partial charge >= 0.3 is 0 Å². The molecule has 4 N–H and O–H groups in total. The summed E-state index contributed by atoms with van der Waals surface area (Å²) in [7, 11) is 0. The average Bonchev–Trinajstić information content (AvgIpc) is 2.90. The zero-order valence-corrected chi connectivity index (χ0v) is 29.7. The first-order valence-corrected chi connectivity index (χ1v) is 16.5. The van der Waals surface area contributed by atoms with Crippen LogP contribution in [-0.2, 0) is 30.1 Å². The molecule has 44 heavy (non-hydrogen) atoms. The molecule has 0 fully saturated rings. The Hall–Kier alpha value is -3.14. The summed E-state index contributed by atoms with van der Waals surface area (Å²) in [5.74, 6) is 2.42. The SMILES string of the molecule is CCC(C)(C)c1cc(O)c(C)cc1O.CCCC(Cc1cc(CC(C)C)c(O)cc1C)Cc1cc(C(C)(C)C)c(O)cc1C. The number of phenols is 4. The van der Waals surface area contributed by atoms with Crippen molar-refractivity contribution >= 4 is 0 Å². The zero-order chi connectivity index (χ0) is 33.6. The largest absolute Gasteiger partial charge is 0.508 e. The van der Waals surface area contributed by atoms with Crippen LogP contribution in [0.3, 0.4) is 0 Å². The number of aromatic hydroxyl groups is 4. The minimum Gasteiger partial charge on any atom is -0.508 e. The Labute approximate surface area is 268 Å². The van der Waals surface area contributed by atoms with Gasteiger partial charge in [0.1, 0.15) is 23.0 Å². The van der Waals surface area contributed by atoms with Crippen molar-refractivity contribution in [3.05, 3.63) is 80.9 Å². The van der Waals surface area contributed by atoms with Gasteiger partial charge in [0, 0.05) is 5.56 Å². The molecule has 0 aliphatic heterocycles. The van der Waals surface area contributed by atoms with Crippen LogP contribution in [0.15, 0.2) is 36.4 Å². The lowest BCUT2D eigenvalue weighted by atomic mass is 9.81. The van der Waals surface area contributed by atoms with E-state index in [2.05, 4.69) is 88.3 Å². The molecule has 0 radical (unpaired) electrons. The smallest absolute Gasteiger partial charge is 0.119 e. The molecule has 3 aromatic carbocycles. The normalized spacial score (nSPS) is 12.7. The average molecular weight is 605 g/mol. The lowest BCUT2D eigenvalue weighted by Crippen LogP contribution is -2.15. The Morgan fingerprint density at radius 3 is 1.57 bits per heavy atom. The highest BCUT2D eigenvalue weighted by Gasteiger charge is 2.23. The lowest BCUT2D eigenvalue weighted by Gasteiger charge is -2.24. The first kappa shape index (κ1) is 37.0. The first-order chi connectivity index (χ1) is 20.3. The van der Waals surface area contributed by atoms with E-state index in [4.69, 9.17) is 0 Å². The van der Waals surface area contributed by atoms with Gasteiger partial charge in [-0.3, -0.25) is 0 Å². The summed E-state index contributed by atoms with van der Waals surface area (Å²) in [5, 5.41) is 40.2. The van der Waals surface area contributed by atoms with Crippen molar-refractivity contribution in [2.75, 3.05) is 0 Å². The highest BCUT2D eigenvalue weighted by molar-refractivity contribution is 5.48. The molecule has 0 saturated carbocycles. The van der Waals surface area contributed by atoms with Crippen LogP contribution in [0.5, 0.6) is 23.0 Å². The summed E-state index contributed by atoms with van der Waals surface area (Å²) in [6.45, 7) is 25.3. The fraction of sp³-hybridized carbons (Fsp3) is 0.550. The highest BCUT2D eigenvalue weighted by Crippen LogP contribution is 2.38. The van der Waals surface area contributed by atoms with E-state index in [-0.39, 0.29) is 22.3 Å². The van der Waals surface area contributed by atoms with E-state index in [1.807, 2.05) is 12.1 Å². The topological polar surface area (TPSA) is 80.9 Å².